The predicted octanol–water partition coefficient (Wildman–Crippen LogP) is 3.14. The summed E-state index contributed by atoms with van der Waals surface area (Å²) in [6.45, 7) is 8.56. The molecule has 0 aromatic carbocycles. The van der Waals surface area contributed by atoms with E-state index in [4.69, 9.17) is 9.47 Å². The van der Waals surface area contributed by atoms with Crippen LogP contribution >= 0.6 is 0 Å². The quantitative estimate of drug-likeness (QED) is 0.332. The number of cyclic esters (lactones) is 1. The minimum Gasteiger partial charge on any atom is -0.458 e. The van der Waals surface area contributed by atoms with Crippen LogP contribution in [-0.2, 0) is 14.3 Å². The van der Waals surface area contributed by atoms with E-state index in [9.17, 15) is 20.1 Å². The van der Waals surface area contributed by atoms with Gasteiger partial charge in [0, 0.05) is 11.8 Å². The number of hydrogen-bond acceptors (Lipinski definition) is 6. The van der Waals surface area contributed by atoms with E-state index in [1.165, 1.54) is 0 Å². The third kappa shape index (κ3) is 2.69. The van der Waals surface area contributed by atoms with Gasteiger partial charge in [-0.25, -0.2) is 4.79 Å². The summed E-state index contributed by atoms with van der Waals surface area (Å²) >= 11 is 0. The summed E-state index contributed by atoms with van der Waals surface area (Å²) < 4.78 is 12.2. The lowest BCUT2D eigenvalue weighted by atomic mass is 9.44. The number of esters is 1. The lowest BCUT2D eigenvalue weighted by Gasteiger charge is -2.60. The van der Waals surface area contributed by atoms with Crippen LogP contribution in [0.1, 0.15) is 66.2 Å². The van der Waals surface area contributed by atoms with Crippen molar-refractivity contribution in [3.63, 3.8) is 0 Å². The monoisotopic (exact) mass is 472 g/mol. The van der Waals surface area contributed by atoms with Gasteiger partial charge in [0.2, 0.25) is 0 Å². The first kappa shape index (κ1) is 23.2. The summed E-state index contributed by atoms with van der Waals surface area (Å²) in [7, 11) is 0. The number of epoxide rings is 1. The average molecular weight is 473 g/mol. The van der Waals surface area contributed by atoms with Crippen molar-refractivity contribution >= 4 is 5.97 Å². The molecule has 3 N–H and O–H groups in total. The molecule has 0 bridgehead atoms. The molecule has 4 fully saturated rings. The van der Waals surface area contributed by atoms with Crippen molar-refractivity contribution in [3.05, 3.63) is 23.3 Å². The molecule has 2 heterocycles. The van der Waals surface area contributed by atoms with Crippen molar-refractivity contribution in [1.82, 2.24) is 0 Å². The second-order valence-electron chi connectivity index (χ2n) is 12.7. The van der Waals surface area contributed by atoms with E-state index in [-0.39, 0.29) is 36.1 Å². The van der Waals surface area contributed by atoms with E-state index in [0.717, 1.165) is 37.7 Å². The summed E-state index contributed by atoms with van der Waals surface area (Å²) in [5, 5.41) is 31.6. The first-order valence-corrected chi connectivity index (χ1v) is 13.3. The van der Waals surface area contributed by atoms with Crippen LogP contribution < -0.4 is 0 Å². The van der Waals surface area contributed by atoms with Crippen molar-refractivity contribution in [1.29, 1.82) is 0 Å². The predicted molar refractivity (Wildman–Crippen MR) is 125 cm³/mol. The molecule has 0 aromatic heterocycles. The highest BCUT2D eigenvalue weighted by molar-refractivity contribution is 5.90. The summed E-state index contributed by atoms with van der Waals surface area (Å²) in [5.41, 5.74) is 0.471. The molecule has 0 radical (unpaired) electrons. The van der Waals surface area contributed by atoms with Gasteiger partial charge in [-0.15, -0.1) is 0 Å². The molecule has 6 rings (SSSR count). The zero-order chi connectivity index (χ0) is 24.2. The van der Waals surface area contributed by atoms with Crippen molar-refractivity contribution in [2.75, 3.05) is 6.61 Å². The second kappa shape index (κ2) is 7.41. The number of ether oxygens (including phenoxy) is 2. The zero-order valence-electron chi connectivity index (χ0n) is 20.9. The Balaban J connectivity index is 1.27. The number of aliphatic hydroxyl groups excluding tert-OH is 3. The highest BCUT2D eigenvalue weighted by atomic mass is 16.6. The van der Waals surface area contributed by atoms with Crippen LogP contribution in [0, 0.1) is 40.4 Å². The fourth-order valence-electron chi connectivity index (χ4n) is 9.88. The lowest BCUT2D eigenvalue weighted by molar-refractivity contribution is -0.158. The van der Waals surface area contributed by atoms with Gasteiger partial charge in [0.15, 0.2) is 0 Å². The van der Waals surface area contributed by atoms with Crippen LogP contribution in [0.4, 0.5) is 0 Å². The van der Waals surface area contributed by atoms with E-state index in [0.29, 0.717) is 35.7 Å². The van der Waals surface area contributed by atoms with E-state index in [1.54, 1.807) is 12.2 Å². The molecular formula is C28H40O6. The van der Waals surface area contributed by atoms with E-state index in [1.807, 2.05) is 6.92 Å². The Kier molecular flexibility index (Phi) is 5.05. The fraction of sp³-hybridized carbons (Fsp3) is 0.821. The Labute approximate surface area is 202 Å². The maximum atomic E-state index is 12.5. The SMILES string of the molecule is CC1=C(CO)C(=O)OC(C(C)C2CCC3C4CC5OC56C(O)C=CC(O)C6(C)C4CCC23C)C1. The van der Waals surface area contributed by atoms with Crippen LogP contribution in [0.5, 0.6) is 0 Å². The Bertz CT molecular complexity index is 957. The summed E-state index contributed by atoms with van der Waals surface area (Å²) in [4.78, 5) is 12.5. The summed E-state index contributed by atoms with van der Waals surface area (Å²) in [5.74, 6) is 1.74. The summed E-state index contributed by atoms with van der Waals surface area (Å²) in [6.07, 6.45) is 8.28. The molecule has 6 aliphatic rings. The molecule has 12 unspecified atom stereocenters. The highest BCUT2D eigenvalue weighted by Gasteiger charge is 2.79. The minimum absolute atomic E-state index is 0.0242. The normalized spacial score (nSPS) is 54.5. The maximum absolute atomic E-state index is 12.5. The fourth-order valence-corrected chi connectivity index (χ4v) is 9.88. The topological polar surface area (TPSA) is 99.5 Å². The molecule has 4 aliphatic carbocycles. The van der Waals surface area contributed by atoms with E-state index >= 15 is 0 Å². The Morgan fingerprint density at radius 3 is 2.56 bits per heavy atom. The zero-order valence-corrected chi connectivity index (χ0v) is 20.9. The molecule has 3 saturated carbocycles. The third-order valence-corrected chi connectivity index (χ3v) is 11.8. The van der Waals surface area contributed by atoms with Crippen LogP contribution in [0.3, 0.4) is 0 Å². The van der Waals surface area contributed by atoms with Crippen molar-refractivity contribution in [2.24, 2.45) is 40.4 Å². The molecule has 6 heteroatoms. The summed E-state index contributed by atoms with van der Waals surface area (Å²) in [6, 6.07) is 0. The molecule has 1 saturated heterocycles. The minimum atomic E-state index is -0.641. The van der Waals surface area contributed by atoms with Gasteiger partial charge in [-0.05, 0) is 74.0 Å². The highest BCUT2D eigenvalue weighted by Crippen LogP contribution is 2.73. The molecule has 0 amide bonds. The molecule has 1 spiro atoms. The van der Waals surface area contributed by atoms with E-state index < -0.39 is 23.2 Å². The van der Waals surface area contributed by atoms with Crippen molar-refractivity contribution in [3.8, 4) is 0 Å². The largest absolute Gasteiger partial charge is 0.458 e. The smallest absolute Gasteiger partial charge is 0.336 e. The standard InChI is InChI=1S/C28H40O6/c1-14-11-21(33-25(32)17(14)13-29)15(2)18-5-6-19-16-12-24-28(34-24)23(31)8-7-22(30)27(28,4)20(16)9-10-26(18,19)3/h7-8,15-16,18-24,29-31H,5-6,9-13H2,1-4H3. The second-order valence-corrected chi connectivity index (χ2v) is 12.7. The van der Waals surface area contributed by atoms with Crippen LogP contribution in [0.2, 0.25) is 0 Å². The van der Waals surface area contributed by atoms with Crippen LogP contribution in [0.25, 0.3) is 0 Å². The van der Waals surface area contributed by atoms with Crippen molar-refractivity contribution in [2.45, 2.75) is 96.2 Å². The van der Waals surface area contributed by atoms with E-state index in [2.05, 4.69) is 20.8 Å². The van der Waals surface area contributed by atoms with Gasteiger partial charge in [-0.1, -0.05) is 38.5 Å². The van der Waals surface area contributed by atoms with Gasteiger partial charge >= 0.3 is 5.97 Å². The first-order valence-electron chi connectivity index (χ1n) is 13.3. The molecule has 2 aliphatic heterocycles. The van der Waals surface area contributed by atoms with Crippen LogP contribution in [-0.4, -0.2) is 57.9 Å². The van der Waals surface area contributed by atoms with Gasteiger partial charge in [0.05, 0.1) is 24.4 Å². The lowest BCUT2D eigenvalue weighted by Crippen LogP contribution is -2.64. The van der Waals surface area contributed by atoms with Gasteiger partial charge < -0.3 is 24.8 Å². The molecule has 0 aromatic rings. The number of carbonyl (C=O) groups excluding carboxylic acids is 1. The number of aliphatic hydroxyl groups is 3. The number of carbonyl (C=O) groups is 1. The molecule has 188 valence electrons. The Morgan fingerprint density at radius 2 is 1.85 bits per heavy atom. The van der Waals surface area contributed by atoms with Crippen molar-refractivity contribution < 1.29 is 29.6 Å². The third-order valence-electron chi connectivity index (χ3n) is 11.8. The number of rotatable bonds is 3. The first-order chi connectivity index (χ1) is 16.1. The molecule has 34 heavy (non-hydrogen) atoms. The molecule has 6 nitrogen and oxygen atoms in total. The Hall–Kier alpha value is -1.21. The molecule has 12 atom stereocenters. The average Bonchev–Trinajstić information content (AvgIpc) is 3.43. The number of hydrogen-bond donors (Lipinski definition) is 3. The maximum Gasteiger partial charge on any atom is 0.336 e. The van der Waals surface area contributed by atoms with Gasteiger partial charge in [0.25, 0.3) is 0 Å². The number of fused-ring (bicyclic) bond motifs is 4. The van der Waals surface area contributed by atoms with Gasteiger partial charge in [-0.2, -0.15) is 0 Å². The van der Waals surface area contributed by atoms with Gasteiger partial charge in [-0.3, -0.25) is 0 Å². The molecular weight excluding hydrogens is 432 g/mol. The van der Waals surface area contributed by atoms with Crippen LogP contribution in [0.15, 0.2) is 23.3 Å². The Morgan fingerprint density at radius 1 is 1.12 bits per heavy atom. The van der Waals surface area contributed by atoms with Gasteiger partial charge in [0.1, 0.15) is 17.8 Å².